The fourth-order valence-corrected chi connectivity index (χ4v) is 2.92. The lowest BCUT2D eigenvalue weighted by atomic mass is 10.1. The van der Waals surface area contributed by atoms with Crippen molar-refractivity contribution in [3.63, 3.8) is 0 Å². The molecule has 28 heavy (non-hydrogen) atoms. The van der Waals surface area contributed by atoms with E-state index >= 15 is 0 Å². The Labute approximate surface area is 162 Å². The molecule has 0 radical (unpaired) electrons. The molecule has 2 heterocycles. The lowest BCUT2D eigenvalue weighted by Crippen LogP contribution is -2.21. The second kappa shape index (κ2) is 7.48. The van der Waals surface area contributed by atoms with Crippen molar-refractivity contribution in [1.82, 2.24) is 24.4 Å². The molecule has 140 valence electrons. The quantitative estimate of drug-likeness (QED) is 0.582. The molecule has 0 bridgehead atoms. The number of amides is 1. The summed E-state index contributed by atoms with van der Waals surface area (Å²) in [6.07, 6.45) is 5.14. The van der Waals surface area contributed by atoms with Crippen LogP contribution in [0, 0.1) is 0 Å². The van der Waals surface area contributed by atoms with Crippen molar-refractivity contribution in [2.75, 3.05) is 19.4 Å². The largest absolute Gasteiger partial charge is 0.365 e. The molecule has 4 aromatic rings. The minimum atomic E-state index is -0.0606. The highest BCUT2D eigenvalue weighted by Gasteiger charge is 2.14. The first-order valence-corrected chi connectivity index (χ1v) is 8.91. The molecule has 1 amide bonds. The highest BCUT2D eigenvalue weighted by molar-refractivity contribution is 6.00. The summed E-state index contributed by atoms with van der Waals surface area (Å²) in [4.78, 5) is 27.3. The number of imidazole rings is 1. The number of anilines is 1. The molecule has 0 aliphatic heterocycles. The van der Waals surface area contributed by atoms with Crippen LogP contribution >= 0.6 is 0 Å². The van der Waals surface area contributed by atoms with Gasteiger partial charge in [-0.25, -0.2) is 9.97 Å². The molecule has 0 fully saturated rings. The molecule has 0 unspecified atom stereocenters. The average Bonchev–Trinajstić information content (AvgIpc) is 3.26. The summed E-state index contributed by atoms with van der Waals surface area (Å²) in [6.45, 7) is 0.613. The van der Waals surface area contributed by atoms with Crippen LogP contribution in [0.1, 0.15) is 15.9 Å². The summed E-state index contributed by atoms with van der Waals surface area (Å²) in [7, 11) is 3.47. The minimum Gasteiger partial charge on any atom is -0.365 e. The Balaban J connectivity index is 1.79. The average molecular weight is 372 g/mol. The third kappa shape index (κ3) is 3.55. The van der Waals surface area contributed by atoms with Crippen molar-refractivity contribution in [2.24, 2.45) is 0 Å². The highest BCUT2D eigenvalue weighted by Crippen LogP contribution is 2.24. The number of carbonyl (C=O) groups excluding carboxylic acids is 1. The first-order valence-electron chi connectivity index (χ1n) is 8.91. The number of benzene rings is 2. The van der Waals surface area contributed by atoms with Gasteiger partial charge in [0.05, 0.1) is 5.52 Å². The van der Waals surface area contributed by atoms with Crippen LogP contribution in [-0.2, 0) is 6.54 Å². The normalized spacial score (nSPS) is 10.8. The van der Waals surface area contributed by atoms with Crippen molar-refractivity contribution < 1.29 is 4.79 Å². The van der Waals surface area contributed by atoms with Gasteiger partial charge in [0.1, 0.15) is 12.1 Å². The lowest BCUT2D eigenvalue weighted by Gasteiger charge is -2.14. The van der Waals surface area contributed by atoms with Gasteiger partial charge < -0.3 is 10.2 Å². The number of nitrogens with zero attached hydrogens (tertiary/aromatic N) is 5. The van der Waals surface area contributed by atoms with Crippen molar-refractivity contribution in [3.05, 3.63) is 78.4 Å². The summed E-state index contributed by atoms with van der Waals surface area (Å²) in [5, 5.41) is 4.19. The summed E-state index contributed by atoms with van der Waals surface area (Å²) >= 11 is 0. The van der Waals surface area contributed by atoms with E-state index in [0.717, 1.165) is 16.5 Å². The summed E-state index contributed by atoms with van der Waals surface area (Å²) < 4.78 is 1.76. The fourth-order valence-electron chi connectivity index (χ4n) is 2.92. The lowest BCUT2D eigenvalue weighted by molar-refractivity contribution is 0.0828. The molecule has 2 aromatic carbocycles. The third-order valence-corrected chi connectivity index (χ3v) is 4.38. The molecular formula is C21H20N6O. The zero-order valence-electron chi connectivity index (χ0n) is 15.7. The molecule has 0 aliphatic rings. The third-order valence-electron chi connectivity index (χ3n) is 4.38. The summed E-state index contributed by atoms with van der Waals surface area (Å²) in [5.41, 5.74) is 2.49. The maximum atomic E-state index is 12.4. The summed E-state index contributed by atoms with van der Waals surface area (Å²) in [6, 6.07) is 15.6. The van der Waals surface area contributed by atoms with E-state index in [-0.39, 0.29) is 5.91 Å². The molecule has 0 spiro atoms. The van der Waals surface area contributed by atoms with Gasteiger partial charge in [0.15, 0.2) is 0 Å². The van der Waals surface area contributed by atoms with E-state index in [1.165, 1.54) is 0 Å². The van der Waals surface area contributed by atoms with Gasteiger partial charge in [-0.15, -0.1) is 0 Å². The monoisotopic (exact) mass is 372 g/mol. The SMILES string of the molecule is CN(C)C(=O)c1ccc2nc(-n3ccnc3)nc(NCc3ccccc3)c2c1. The van der Waals surface area contributed by atoms with Crippen molar-refractivity contribution in [3.8, 4) is 5.95 Å². The van der Waals surface area contributed by atoms with Gasteiger partial charge in [-0.2, -0.15) is 4.98 Å². The van der Waals surface area contributed by atoms with Crippen molar-refractivity contribution >= 4 is 22.6 Å². The number of aromatic nitrogens is 4. The van der Waals surface area contributed by atoms with Gasteiger partial charge >= 0.3 is 0 Å². The summed E-state index contributed by atoms with van der Waals surface area (Å²) in [5.74, 6) is 1.13. The Morgan fingerprint density at radius 1 is 1.11 bits per heavy atom. The van der Waals surface area contributed by atoms with Gasteiger partial charge in [0, 0.05) is 44.0 Å². The highest BCUT2D eigenvalue weighted by atomic mass is 16.2. The Kier molecular flexibility index (Phi) is 4.72. The number of hydrogen-bond donors (Lipinski definition) is 1. The van der Waals surface area contributed by atoms with Crippen LogP contribution in [0.4, 0.5) is 5.82 Å². The van der Waals surface area contributed by atoms with E-state index in [9.17, 15) is 4.79 Å². The maximum Gasteiger partial charge on any atom is 0.253 e. The second-order valence-corrected chi connectivity index (χ2v) is 6.61. The molecule has 2 aromatic heterocycles. The first kappa shape index (κ1) is 17.7. The smallest absolute Gasteiger partial charge is 0.253 e. The zero-order valence-corrected chi connectivity index (χ0v) is 15.7. The molecule has 0 saturated carbocycles. The number of hydrogen-bond acceptors (Lipinski definition) is 5. The van der Waals surface area contributed by atoms with E-state index in [0.29, 0.717) is 23.9 Å². The van der Waals surface area contributed by atoms with Crippen LogP contribution in [0.2, 0.25) is 0 Å². The molecular weight excluding hydrogens is 352 g/mol. The Morgan fingerprint density at radius 2 is 1.93 bits per heavy atom. The van der Waals surface area contributed by atoms with Crippen LogP contribution in [0.15, 0.2) is 67.3 Å². The molecule has 7 heteroatoms. The predicted molar refractivity (Wildman–Crippen MR) is 108 cm³/mol. The molecule has 0 saturated heterocycles. The van der Waals surface area contributed by atoms with Crippen LogP contribution in [0.5, 0.6) is 0 Å². The van der Waals surface area contributed by atoms with Crippen molar-refractivity contribution in [2.45, 2.75) is 6.54 Å². The number of fused-ring (bicyclic) bond motifs is 1. The second-order valence-electron chi connectivity index (χ2n) is 6.61. The maximum absolute atomic E-state index is 12.4. The molecule has 4 rings (SSSR count). The van der Waals surface area contributed by atoms with E-state index < -0.39 is 0 Å². The van der Waals surface area contributed by atoms with Crippen molar-refractivity contribution in [1.29, 1.82) is 0 Å². The van der Waals surface area contributed by atoms with Gasteiger partial charge in [-0.05, 0) is 23.8 Å². The number of rotatable bonds is 5. The first-order chi connectivity index (χ1) is 13.6. The number of nitrogens with one attached hydrogen (secondary N) is 1. The van der Waals surface area contributed by atoms with Gasteiger partial charge in [0.25, 0.3) is 5.91 Å². The topological polar surface area (TPSA) is 75.9 Å². The Bertz CT molecular complexity index is 1110. The fraction of sp³-hybridized carbons (Fsp3) is 0.143. The molecule has 0 aliphatic carbocycles. The van der Waals surface area contributed by atoms with E-state index in [4.69, 9.17) is 0 Å². The van der Waals surface area contributed by atoms with E-state index in [1.807, 2.05) is 42.5 Å². The van der Waals surface area contributed by atoms with Crippen LogP contribution in [0.25, 0.3) is 16.9 Å². The van der Waals surface area contributed by atoms with Gasteiger partial charge in [0.2, 0.25) is 5.95 Å². The van der Waals surface area contributed by atoms with Crippen LogP contribution in [0.3, 0.4) is 0 Å². The predicted octanol–water partition coefficient (Wildman–Crippen LogP) is 3.13. The molecule has 1 N–H and O–H groups in total. The van der Waals surface area contributed by atoms with E-state index in [2.05, 4.69) is 20.3 Å². The Hall–Kier alpha value is -3.74. The van der Waals surface area contributed by atoms with Crippen LogP contribution in [-0.4, -0.2) is 44.4 Å². The van der Waals surface area contributed by atoms with Gasteiger partial charge in [-0.3, -0.25) is 9.36 Å². The minimum absolute atomic E-state index is 0.0606. The van der Waals surface area contributed by atoms with Crippen LogP contribution < -0.4 is 5.32 Å². The zero-order chi connectivity index (χ0) is 19.5. The molecule has 0 atom stereocenters. The van der Waals surface area contributed by atoms with E-state index in [1.54, 1.807) is 48.3 Å². The number of carbonyl (C=O) groups is 1. The van der Waals surface area contributed by atoms with Gasteiger partial charge in [-0.1, -0.05) is 30.3 Å². The Morgan fingerprint density at radius 3 is 2.64 bits per heavy atom. The molecule has 7 nitrogen and oxygen atoms in total. The standard InChI is InChI=1S/C21H20N6O/c1-26(2)20(28)16-8-9-18-17(12-16)19(23-13-15-6-4-3-5-7-15)25-21(24-18)27-11-10-22-14-27/h3-12,14H,13H2,1-2H3,(H,23,24,25).